The molecule has 1 aliphatic heterocycles. The van der Waals surface area contributed by atoms with Crippen LogP contribution in [-0.4, -0.2) is 22.6 Å². The van der Waals surface area contributed by atoms with Crippen molar-refractivity contribution in [2.24, 2.45) is 0 Å². The number of carboxylic acids is 1. The van der Waals surface area contributed by atoms with Crippen LogP contribution in [0.2, 0.25) is 0 Å². The van der Waals surface area contributed by atoms with Crippen molar-refractivity contribution in [3.63, 3.8) is 0 Å². The number of cyclic esters (lactones) is 1. The molecule has 1 N–H and O–H groups in total. The van der Waals surface area contributed by atoms with E-state index in [9.17, 15) is 9.59 Å². The SMILES string of the molecule is Cc1cccc2c1C(=O)OC(C)(C(=O)O)C2. The number of fused-ring (bicyclic) bond motifs is 1. The number of ether oxygens (including phenoxy) is 1. The van der Waals surface area contributed by atoms with Crippen LogP contribution in [0.3, 0.4) is 0 Å². The molecule has 0 saturated carbocycles. The number of carbonyl (C=O) groups is 2. The Morgan fingerprint density at radius 3 is 2.81 bits per heavy atom. The molecule has 0 amide bonds. The zero-order valence-corrected chi connectivity index (χ0v) is 9.11. The molecule has 1 aliphatic rings. The molecule has 4 heteroatoms. The molecule has 0 fully saturated rings. The molecular weight excluding hydrogens is 208 g/mol. The molecule has 1 atom stereocenters. The zero-order chi connectivity index (χ0) is 11.9. The van der Waals surface area contributed by atoms with Crippen molar-refractivity contribution in [1.29, 1.82) is 0 Å². The number of esters is 1. The predicted octanol–water partition coefficient (Wildman–Crippen LogP) is 1.55. The second-order valence-electron chi connectivity index (χ2n) is 4.21. The van der Waals surface area contributed by atoms with Crippen LogP contribution in [0.25, 0.3) is 0 Å². The molecule has 1 aromatic rings. The summed E-state index contributed by atoms with van der Waals surface area (Å²) in [5.41, 5.74) is 0.607. The van der Waals surface area contributed by atoms with Crippen molar-refractivity contribution in [3.8, 4) is 0 Å². The van der Waals surface area contributed by atoms with E-state index in [1.165, 1.54) is 6.92 Å². The van der Waals surface area contributed by atoms with E-state index in [1.807, 2.05) is 19.1 Å². The lowest BCUT2D eigenvalue weighted by Crippen LogP contribution is -2.46. The van der Waals surface area contributed by atoms with Gasteiger partial charge in [0.05, 0.1) is 5.56 Å². The second-order valence-corrected chi connectivity index (χ2v) is 4.21. The van der Waals surface area contributed by atoms with E-state index in [1.54, 1.807) is 6.07 Å². The molecule has 84 valence electrons. The van der Waals surface area contributed by atoms with Gasteiger partial charge in [-0.3, -0.25) is 0 Å². The molecule has 16 heavy (non-hydrogen) atoms. The zero-order valence-electron chi connectivity index (χ0n) is 9.11. The standard InChI is InChI=1S/C12H12O4/c1-7-4-3-5-8-6-12(2,11(14)15)16-10(13)9(7)8/h3-5H,6H2,1-2H3,(H,14,15). The fraction of sp³-hybridized carbons (Fsp3) is 0.333. The first-order valence-corrected chi connectivity index (χ1v) is 4.99. The van der Waals surface area contributed by atoms with Crippen LogP contribution in [0, 0.1) is 6.92 Å². The molecule has 1 aromatic carbocycles. The number of aryl methyl sites for hydroxylation is 1. The van der Waals surface area contributed by atoms with Gasteiger partial charge in [-0.05, 0) is 25.0 Å². The Hall–Kier alpha value is -1.84. The largest absolute Gasteiger partial charge is 0.478 e. The molecule has 0 aromatic heterocycles. The third-order valence-electron chi connectivity index (χ3n) is 2.86. The average Bonchev–Trinajstić information content (AvgIpc) is 2.16. The van der Waals surface area contributed by atoms with Crippen LogP contribution in [0.1, 0.15) is 28.4 Å². The van der Waals surface area contributed by atoms with Crippen molar-refractivity contribution in [2.75, 3.05) is 0 Å². The van der Waals surface area contributed by atoms with Crippen molar-refractivity contribution >= 4 is 11.9 Å². The Labute approximate surface area is 92.8 Å². The van der Waals surface area contributed by atoms with E-state index < -0.39 is 17.5 Å². The van der Waals surface area contributed by atoms with Crippen molar-refractivity contribution < 1.29 is 19.4 Å². The van der Waals surface area contributed by atoms with Gasteiger partial charge in [0.1, 0.15) is 0 Å². The van der Waals surface area contributed by atoms with Gasteiger partial charge in [-0.2, -0.15) is 0 Å². The number of hydrogen-bond donors (Lipinski definition) is 1. The Balaban J connectivity index is 2.53. The highest BCUT2D eigenvalue weighted by Crippen LogP contribution is 2.29. The highest BCUT2D eigenvalue weighted by atomic mass is 16.6. The van der Waals surface area contributed by atoms with Crippen LogP contribution in [0.5, 0.6) is 0 Å². The Bertz CT molecular complexity index is 478. The van der Waals surface area contributed by atoms with Gasteiger partial charge < -0.3 is 9.84 Å². The molecular formula is C12H12O4. The average molecular weight is 220 g/mol. The lowest BCUT2D eigenvalue weighted by atomic mass is 9.88. The topological polar surface area (TPSA) is 63.6 Å². The van der Waals surface area contributed by atoms with Gasteiger partial charge in [-0.25, -0.2) is 9.59 Å². The first-order chi connectivity index (χ1) is 7.44. The van der Waals surface area contributed by atoms with E-state index in [2.05, 4.69) is 0 Å². The van der Waals surface area contributed by atoms with Gasteiger partial charge in [0.15, 0.2) is 0 Å². The molecule has 1 heterocycles. The van der Waals surface area contributed by atoms with Crippen LogP contribution in [0.15, 0.2) is 18.2 Å². The lowest BCUT2D eigenvalue weighted by Gasteiger charge is -2.31. The van der Waals surface area contributed by atoms with E-state index in [0.717, 1.165) is 11.1 Å². The van der Waals surface area contributed by atoms with E-state index >= 15 is 0 Å². The van der Waals surface area contributed by atoms with Gasteiger partial charge >= 0.3 is 11.9 Å². The monoisotopic (exact) mass is 220 g/mol. The summed E-state index contributed by atoms with van der Waals surface area (Å²) in [4.78, 5) is 22.8. The third-order valence-corrected chi connectivity index (χ3v) is 2.86. The summed E-state index contributed by atoms with van der Waals surface area (Å²) in [6, 6.07) is 5.39. The maximum atomic E-state index is 11.7. The fourth-order valence-corrected chi connectivity index (χ4v) is 1.94. The summed E-state index contributed by atoms with van der Waals surface area (Å²) >= 11 is 0. The first kappa shape index (κ1) is 10.7. The van der Waals surface area contributed by atoms with Gasteiger partial charge in [0.25, 0.3) is 0 Å². The summed E-state index contributed by atoms with van der Waals surface area (Å²) < 4.78 is 5.00. The molecule has 0 aliphatic carbocycles. The summed E-state index contributed by atoms with van der Waals surface area (Å²) in [6.07, 6.45) is 0.213. The van der Waals surface area contributed by atoms with Crippen molar-refractivity contribution in [3.05, 3.63) is 34.9 Å². The van der Waals surface area contributed by atoms with Gasteiger partial charge in [-0.1, -0.05) is 18.2 Å². The van der Waals surface area contributed by atoms with E-state index in [0.29, 0.717) is 5.56 Å². The molecule has 4 nitrogen and oxygen atoms in total. The number of carbonyl (C=O) groups excluding carboxylic acids is 1. The number of benzene rings is 1. The van der Waals surface area contributed by atoms with Gasteiger partial charge in [-0.15, -0.1) is 0 Å². The minimum atomic E-state index is -1.45. The molecule has 1 unspecified atom stereocenters. The smallest absolute Gasteiger partial charge is 0.348 e. The molecule has 0 saturated heterocycles. The third kappa shape index (κ3) is 1.46. The molecule has 2 rings (SSSR count). The molecule has 0 bridgehead atoms. The number of hydrogen-bond acceptors (Lipinski definition) is 3. The first-order valence-electron chi connectivity index (χ1n) is 4.99. The summed E-state index contributed by atoms with van der Waals surface area (Å²) in [5, 5.41) is 9.03. The maximum Gasteiger partial charge on any atom is 0.348 e. The maximum absolute atomic E-state index is 11.7. The Morgan fingerprint density at radius 2 is 2.19 bits per heavy atom. The minimum Gasteiger partial charge on any atom is -0.478 e. The fourth-order valence-electron chi connectivity index (χ4n) is 1.94. The van der Waals surface area contributed by atoms with Crippen LogP contribution in [0.4, 0.5) is 0 Å². The summed E-state index contributed by atoms with van der Waals surface area (Å²) in [5.74, 6) is -1.67. The van der Waals surface area contributed by atoms with Crippen molar-refractivity contribution in [1.82, 2.24) is 0 Å². The summed E-state index contributed by atoms with van der Waals surface area (Å²) in [6.45, 7) is 3.22. The lowest BCUT2D eigenvalue weighted by molar-refractivity contribution is -0.158. The van der Waals surface area contributed by atoms with Crippen LogP contribution < -0.4 is 0 Å². The highest BCUT2D eigenvalue weighted by molar-refractivity contribution is 5.97. The van der Waals surface area contributed by atoms with Gasteiger partial charge in [0, 0.05) is 6.42 Å². The van der Waals surface area contributed by atoms with E-state index in [4.69, 9.17) is 9.84 Å². The quantitative estimate of drug-likeness (QED) is 0.729. The highest BCUT2D eigenvalue weighted by Gasteiger charge is 2.43. The van der Waals surface area contributed by atoms with Crippen LogP contribution in [-0.2, 0) is 16.0 Å². The number of carboxylic acid groups (broad SMARTS) is 1. The summed E-state index contributed by atoms with van der Waals surface area (Å²) in [7, 11) is 0. The predicted molar refractivity (Wildman–Crippen MR) is 56.3 cm³/mol. The molecule has 0 spiro atoms. The molecule has 0 radical (unpaired) electrons. The van der Waals surface area contributed by atoms with E-state index in [-0.39, 0.29) is 6.42 Å². The second kappa shape index (κ2) is 3.33. The Morgan fingerprint density at radius 1 is 1.50 bits per heavy atom. The number of aliphatic carboxylic acids is 1. The Kier molecular flexibility index (Phi) is 2.22. The normalized spacial score (nSPS) is 23.5. The van der Waals surface area contributed by atoms with Crippen molar-refractivity contribution in [2.45, 2.75) is 25.9 Å². The minimum absolute atomic E-state index is 0.213. The number of rotatable bonds is 1. The van der Waals surface area contributed by atoms with Gasteiger partial charge in [0.2, 0.25) is 5.60 Å². The van der Waals surface area contributed by atoms with Crippen LogP contribution >= 0.6 is 0 Å².